The molecule has 1 saturated heterocycles. The van der Waals surface area contributed by atoms with Crippen LogP contribution in [0.3, 0.4) is 0 Å². The van der Waals surface area contributed by atoms with Crippen LogP contribution < -0.4 is 16.6 Å². The van der Waals surface area contributed by atoms with E-state index in [1.807, 2.05) is 0 Å². The molecule has 0 bridgehead atoms. The van der Waals surface area contributed by atoms with Crippen molar-refractivity contribution in [2.24, 2.45) is 17.7 Å². The molecule has 3 unspecified atom stereocenters. The average molecular weight is 197 g/mol. The van der Waals surface area contributed by atoms with Gasteiger partial charge in [-0.1, -0.05) is 12.8 Å². The summed E-state index contributed by atoms with van der Waals surface area (Å²) >= 11 is 0. The summed E-state index contributed by atoms with van der Waals surface area (Å²) in [4.78, 5) is 11.2. The van der Waals surface area contributed by atoms with Crippen molar-refractivity contribution in [1.82, 2.24) is 10.7 Å². The highest BCUT2D eigenvalue weighted by Gasteiger charge is 2.37. The normalized spacial score (nSPS) is 36.5. The van der Waals surface area contributed by atoms with E-state index in [2.05, 4.69) is 10.7 Å². The minimum atomic E-state index is -0.0250. The van der Waals surface area contributed by atoms with Gasteiger partial charge in [0.15, 0.2) is 0 Å². The van der Waals surface area contributed by atoms with Gasteiger partial charge >= 0.3 is 0 Å². The molecule has 1 aliphatic heterocycles. The molecule has 1 saturated carbocycles. The fourth-order valence-corrected chi connectivity index (χ4v) is 2.95. The highest BCUT2D eigenvalue weighted by atomic mass is 16.2. The van der Waals surface area contributed by atoms with E-state index in [1.54, 1.807) is 0 Å². The quantitative estimate of drug-likeness (QED) is 0.335. The van der Waals surface area contributed by atoms with E-state index in [1.165, 1.54) is 25.7 Å². The predicted octanol–water partition coefficient (Wildman–Crippen LogP) is 0.145. The largest absolute Gasteiger partial charge is 0.313 e. The molecule has 0 spiro atoms. The summed E-state index contributed by atoms with van der Waals surface area (Å²) < 4.78 is 0. The number of rotatable bonds is 2. The van der Waals surface area contributed by atoms with Gasteiger partial charge in [-0.25, -0.2) is 5.84 Å². The number of amides is 1. The summed E-state index contributed by atoms with van der Waals surface area (Å²) in [7, 11) is 0. The summed E-state index contributed by atoms with van der Waals surface area (Å²) in [5, 5.41) is 3.52. The molecule has 0 aromatic rings. The van der Waals surface area contributed by atoms with Crippen molar-refractivity contribution in [3.8, 4) is 0 Å². The van der Waals surface area contributed by atoms with E-state index in [9.17, 15) is 4.79 Å². The van der Waals surface area contributed by atoms with E-state index < -0.39 is 0 Å². The second-order valence-corrected chi connectivity index (χ2v) is 4.49. The van der Waals surface area contributed by atoms with Crippen molar-refractivity contribution in [3.05, 3.63) is 0 Å². The molecule has 4 nitrogen and oxygen atoms in total. The lowest BCUT2D eigenvalue weighted by atomic mass is 9.79. The zero-order valence-electron chi connectivity index (χ0n) is 8.46. The molecule has 14 heavy (non-hydrogen) atoms. The van der Waals surface area contributed by atoms with Gasteiger partial charge in [-0.2, -0.15) is 0 Å². The van der Waals surface area contributed by atoms with Crippen LogP contribution in [0.4, 0.5) is 0 Å². The molecule has 4 N–H and O–H groups in total. The summed E-state index contributed by atoms with van der Waals surface area (Å²) in [6.45, 7) is 0.989. The van der Waals surface area contributed by atoms with Crippen LogP contribution in [0, 0.1) is 11.8 Å². The maximum Gasteiger partial charge on any atom is 0.234 e. The Morgan fingerprint density at radius 3 is 3.00 bits per heavy atom. The molecule has 2 aliphatic rings. The van der Waals surface area contributed by atoms with Gasteiger partial charge < -0.3 is 5.32 Å². The average Bonchev–Trinajstić information content (AvgIpc) is 2.62. The zero-order valence-corrected chi connectivity index (χ0v) is 8.46. The monoisotopic (exact) mass is 197 g/mol. The standard InChI is InChI=1S/C10H19N3O/c11-13-10(14)5-7-6-12-9-4-2-1-3-8(7)9/h7-9,12H,1-6,11H2,(H,13,14). The molecule has 2 rings (SSSR count). The SMILES string of the molecule is NNC(=O)CC1CNC2CCCCC12. The first-order valence-corrected chi connectivity index (χ1v) is 5.54. The zero-order chi connectivity index (χ0) is 9.97. The lowest BCUT2D eigenvalue weighted by Gasteiger charge is -2.28. The third kappa shape index (κ3) is 1.91. The lowest BCUT2D eigenvalue weighted by molar-refractivity contribution is -0.122. The lowest BCUT2D eigenvalue weighted by Crippen LogP contribution is -2.34. The van der Waals surface area contributed by atoms with Crippen molar-refractivity contribution in [3.63, 3.8) is 0 Å². The van der Waals surface area contributed by atoms with Crippen molar-refractivity contribution in [2.45, 2.75) is 38.1 Å². The topological polar surface area (TPSA) is 67.1 Å². The van der Waals surface area contributed by atoms with Crippen LogP contribution in [-0.2, 0) is 4.79 Å². The number of carbonyl (C=O) groups excluding carboxylic acids is 1. The van der Waals surface area contributed by atoms with Gasteiger partial charge in [-0.05, 0) is 31.2 Å². The first-order chi connectivity index (χ1) is 6.81. The second kappa shape index (κ2) is 4.28. The minimum absolute atomic E-state index is 0.0250. The second-order valence-electron chi connectivity index (χ2n) is 4.49. The molecule has 1 amide bonds. The molecule has 1 heterocycles. The Hall–Kier alpha value is -0.610. The van der Waals surface area contributed by atoms with E-state index in [0.29, 0.717) is 24.3 Å². The Bertz CT molecular complexity index is 219. The Morgan fingerprint density at radius 1 is 1.43 bits per heavy atom. The first-order valence-electron chi connectivity index (χ1n) is 5.54. The number of carbonyl (C=O) groups is 1. The highest BCUT2D eigenvalue weighted by molar-refractivity contribution is 5.75. The van der Waals surface area contributed by atoms with Crippen LogP contribution in [-0.4, -0.2) is 18.5 Å². The summed E-state index contributed by atoms with van der Waals surface area (Å²) in [6.07, 6.45) is 5.81. The summed E-state index contributed by atoms with van der Waals surface area (Å²) in [5.41, 5.74) is 2.22. The molecule has 1 aliphatic carbocycles. The molecule has 0 radical (unpaired) electrons. The van der Waals surface area contributed by atoms with Crippen LogP contribution in [0.1, 0.15) is 32.1 Å². The van der Waals surface area contributed by atoms with Crippen LogP contribution in [0.25, 0.3) is 0 Å². The number of hydrogen-bond donors (Lipinski definition) is 3. The van der Waals surface area contributed by atoms with Crippen molar-refractivity contribution in [1.29, 1.82) is 0 Å². The van der Waals surface area contributed by atoms with Crippen molar-refractivity contribution >= 4 is 5.91 Å². The molecule has 2 fully saturated rings. The smallest absolute Gasteiger partial charge is 0.234 e. The van der Waals surface area contributed by atoms with Gasteiger partial charge in [0.05, 0.1) is 0 Å². The van der Waals surface area contributed by atoms with Crippen molar-refractivity contribution in [2.75, 3.05) is 6.54 Å². The van der Waals surface area contributed by atoms with Crippen LogP contribution >= 0.6 is 0 Å². The number of hydrazine groups is 1. The molecular weight excluding hydrogens is 178 g/mol. The molecule has 3 atom stereocenters. The number of nitrogens with two attached hydrogens (primary N) is 1. The third-order valence-electron chi connectivity index (χ3n) is 3.68. The highest BCUT2D eigenvalue weighted by Crippen LogP contribution is 2.35. The fraction of sp³-hybridized carbons (Fsp3) is 0.900. The summed E-state index contributed by atoms with van der Waals surface area (Å²) in [5.74, 6) is 6.29. The predicted molar refractivity (Wildman–Crippen MR) is 54.2 cm³/mol. The van der Waals surface area contributed by atoms with E-state index >= 15 is 0 Å². The van der Waals surface area contributed by atoms with E-state index in [4.69, 9.17) is 5.84 Å². The molecule has 0 aromatic carbocycles. The molecule has 0 aromatic heterocycles. The van der Waals surface area contributed by atoms with E-state index in [0.717, 1.165) is 6.54 Å². The molecule has 80 valence electrons. The molecule has 4 heteroatoms. The Morgan fingerprint density at radius 2 is 2.21 bits per heavy atom. The van der Waals surface area contributed by atoms with Crippen LogP contribution in [0.2, 0.25) is 0 Å². The van der Waals surface area contributed by atoms with Crippen LogP contribution in [0.5, 0.6) is 0 Å². The van der Waals surface area contributed by atoms with Gasteiger partial charge in [0.25, 0.3) is 0 Å². The van der Waals surface area contributed by atoms with Crippen LogP contribution in [0.15, 0.2) is 0 Å². The van der Waals surface area contributed by atoms with Gasteiger partial charge in [0.2, 0.25) is 5.91 Å². The maximum absolute atomic E-state index is 11.2. The fourth-order valence-electron chi connectivity index (χ4n) is 2.95. The first kappa shape index (κ1) is 9.93. The van der Waals surface area contributed by atoms with Crippen molar-refractivity contribution < 1.29 is 4.79 Å². The summed E-state index contributed by atoms with van der Waals surface area (Å²) in [6, 6.07) is 0.666. The van der Waals surface area contributed by atoms with E-state index in [-0.39, 0.29) is 5.91 Å². The third-order valence-corrected chi connectivity index (χ3v) is 3.68. The number of hydrogen-bond acceptors (Lipinski definition) is 3. The number of nitrogens with one attached hydrogen (secondary N) is 2. The van der Waals surface area contributed by atoms with Gasteiger partial charge in [-0.3, -0.25) is 10.2 Å². The number of fused-ring (bicyclic) bond motifs is 1. The Labute approximate surface area is 84.6 Å². The Kier molecular flexibility index (Phi) is 3.03. The Balaban J connectivity index is 1.90. The maximum atomic E-state index is 11.2. The minimum Gasteiger partial charge on any atom is -0.313 e. The molecular formula is C10H19N3O. The van der Waals surface area contributed by atoms with Gasteiger partial charge in [0.1, 0.15) is 0 Å². The van der Waals surface area contributed by atoms with Gasteiger partial charge in [-0.15, -0.1) is 0 Å². The van der Waals surface area contributed by atoms with Gasteiger partial charge in [0, 0.05) is 12.5 Å².